The van der Waals surface area contributed by atoms with Gasteiger partial charge in [-0.05, 0) is 30.4 Å². The number of methoxy groups -OCH3 is 1. The number of Topliss-reactive ketones (excluding diaryl/α,β-unsaturated/α-hetero) is 1. The Bertz CT molecular complexity index is 720. The van der Waals surface area contributed by atoms with Gasteiger partial charge in [0.25, 0.3) is 0 Å². The molecule has 1 N–H and O–H groups in total. The molecule has 1 aromatic rings. The summed E-state index contributed by atoms with van der Waals surface area (Å²) in [5.74, 6) is -1.89. The average Bonchev–Trinajstić information content (AvgIpc) is 2.54. The van der Waals surface area contributed by atoms with Crippen LogP contribution in [-0.2, 0) is 14.3 Å². The van der Waals surface area contributed by atoms with Crippen LogP contribution in [-0.4, -0.2) is 34.7 Å². The van der Waals surface area contributed by atoms with Crippen molar-refractivity contribution in [2.75, 3.05) is 7.11 Å². The first-order chi connectivity index (χ1) is 11.8. The summed E-state index contributed by atoms with van der Waals surface area (Å²) in [6.07, 6.45) is 4.53. The maximum absolute atomic E-state index is 12.6. The van der Waals surface area contributed by atoms with Gasteiger partial charge in [0.15, 0.2) is 5.78 Å². The van der Waals surface area contributed by atoms with Gasteiger partial charge in [0, 0.05) is 18.8 Å². The van der Waals surface area contributed by atoms with Crippen molar-refractivity contribution in [1.29, 1.82) is 0 Å². The van der Waals surface area contributed by atoms with Crippen LogP contribution < -0.4 is 0 Å². The third kappa shape index (κ3) is 3.95. The van der Waals surface area contributed by atoms with E-state index in [1.54, 1.807) is 24.5 Å². The summed E-state index contributed by atoms with van der Waals surface area (Å²) in [6, 6.07) is 3.46. The van der Waals surface area contributed by atoms with E-state index in [0.29, 0.717) is 24.2 Å². The van der Waals surface area contributed by atoms with Crippen molar-refractivity contribution < 1.29 is 19.4 Å². The van der Waals surface area contributed by atoms with Crippen molar-refractivity contribution >= 4 is 23.2 Å². The van der Waals surface area contributed by atoms with Crippen LogP contribution in [0.5, 0.6) is 0 Å². The number of aliphatic hydroxyl groups excluding tert-OH is 1. The van der Waals surface area contributed by atoms with Crippen molar-refractivity contribution in [3.8, 4) is 0 Å². The lowest BCUT2D eigenvalue weighted by Crippen LogP contribution is -2.41. The van der Waals surface area contributed by atoms with Crippen LogP contribution in [0.25, 0.3) is 0 Å². The monoisotopic (exact) mass is 344 g/mol. The van der Waals surface area contributed by atoms with E-state index in [1.165, 1.54) is 7.11 Å². The predicted molar refractivity (Wildman–Crippen MR) is 94.8 cm³/mol. The van der Waals surface area contributed by atoms with Crippen molar-refractivity contribution in [3.63, 3.8) is 0 Å². The Balaban J connectivity index is 2.62. The van der Waals surface area contributed by atoms with Gasteiger partial charge in [-0.25, -0.2) is 0 Å². The van der Waals surface area contributed by atoms with E-state index in [9.17, 15) is 14.7 Å². The minimum Gasteiger partial charge on any atom is -0.511 e. The fraction of sp³-hybridized carbons (Fsp3) is 0.474. The zero-order chi connectivity index (χ0) is 18.6. The first-order valence-corrected chi connectivity index (χ1v) is 8.34. The number of rotatable bonds is 5. The van der Waals surface area contributed by atoms with Crippen LogP contribution in [0.1, 0.15) is 40.0 Å². The molecule has 0 saturated carbocycles. The summed E-state index contributed by atoms with van der Waals surface area (Å²) in [6.45, 7) is 5.60. The van der Waals surface area contributed by atoms with Gasteiger partial charge in [0.1, 0.15) is 11.7 Å². The molecule has 6 nitrogen and oxygen atoms in total. The highest BCUT2D eigenvalue weighted by Gasteiger charge is 2.47. The molecule has 0 bridgehead atoms. The zero-order valence-electron chi connectivity index (χ0n) is 15.1. The van der Waals surface area contributed by atoms with Crippen molar-refractivity contribution in [2.24, 2.45) is 16.3 Å². The number of carbonyl (C=O) groups excluding carboxylic acids is 2. The number of esters is 1. The molecule has 0 aromatic carbocycles. The predicted octanol–water partition coefficient (Wildman–Crippen LogP) is 3.55. The number of aromatic nitrogens is 1. The molecule has 0 saturated heterocycles. The van der Waals surface area contributed by atoms with Crippen molar-refractivity contribution in [2.45, 2.75) is 40.0 Å². The lowest BCUT2D eigenvalue weighted by atomic mass is 9.67. The van der Waals surface area contributed by atoms with Gasteiger partial charge in [-0.2, -0.15) is 0 Å². The molecule has 1 aromatic heterocycles. The Labute approximate surface area is 147 Å². The van der Waals surface area contributed by atoms with Gasteiger partial charge in [-0.1, -0.05) is 20.8 Å². The molecular formula is C19H24N2O4. The van der Waals surface area contributed by atoms with Crippen LogP contribution in [0, 0.1) is 11.3 Å². The first-order valence-electron chi connectivity index (χ1n) is 8.34. The molecule has 1 atom stereocenters. The summed E-state index contributed by atoms with van der Waals surface area (Å²) in [5, 5.41) is 10.8. The highest BCUT2D eigenvalue weighted by molar-refractivity contribution is 6.24. The molecule has 0 unspecified atom stereocenters. The van der Waals surface area contributed by atoms with E-state index in [2.05, 4.69) is 9.98 Å². The Morgan fingerprint density at radius 3 is 2.56 bits per heavy atom. The van der Waals surface area contributed by atoms with Crippen LogP contribution in [0.2, 0.25) is 0 Å². The lowest BCUT2D eigenvalue weighted by Gasteiger charge is -2.37. The summed E-state index contributed by atoms with van der Waals surface area (Å²) >= 11 is 0. The molecule has 1 heterocycles. The fourth-order valence-electron chi connectivity index (χ4n) is 3.16. The number of hydrogen-bond acceptors (Lipinski definition) is 6. The number of carbonyl (C=O) groups is 2. The second-order valence-electron chi connectivity index (χ2n) is 6.82. The zero-order valence-corrected chi connectivity index (χ0v) is 15.1. The Morgan fingerprint density at radius 2 is 2.00 bits per heavy atom. The van der Waals surface area contributed by atoms with Gasteiger partial charge in [-0.15, -0.1) is 0 Å². The van der Waals surface area contributed by atoms with Gasteiger partial charge in [-0.3, -0.25) is 19.6 Å². The number of ketones is 1. The van der Waals surface area contributed by atoms with E-state index >= 15 is 0 Å². The van der Waals surface area contributed by atoms with Crippen LogP contribution in [0.3, 0.4) is 0 Å². The molecule has 0 aliphatic heterocycles. The number of aliphatic imine (C=N–C) groups is 1. The SMILES string of the molecule is CCCC(=O)C1=C(O)[C@H](C(=O)OC)C(C)(C)CC1=Nc1ccncc1. The third-order valence-electron chi connectivity index (χ3n) is 4.34. The maximum Gasteiger partial charge on any atom is 0.316 e. The van der Waals surface area contributed by atoms with Gasteiger partial charge in [0.2, 0.25) is 0 Å². The van der Waals surface area contributed by atoms with Crippen LogP contribution in [0.15, 0.2) is 40.9 Å². The molecule has 2 rings (SSSR count). The molecule has 6 heteroatoms. The van der Waals surface area contributed by atoms with E-state index in [-0.39, 0.29) is 23.5 Å². The fourth-order valence-corrected chi connectivity index (χ4v) is 3.16. The van der Waals surface area contributed by atoms with E-state index in [1.807, 2.05) is 20.8 Å². The molecule has 134 valence electrons. The summed E-state index contributed by atoms with van der Waals surface area (Å²) < 4.78 is 4.84. The van der Waals surface area contributed by atoms with E-state index < -0.39 is 17.3 Å². The molecule has 0 radical (unpaired) electrons. The van der Waals surface area contributed by atoms with Crippen molar-refractivity contribution in [1.82, 2.24) is 4.98 Å². The number of nitrogens with zero attached hydrogens (tertiary/aromatic N) is 2. The topological polar surface area (TPSA) is 88.8 Å². The Kier molecular flexibility index (Phi) is 5.72. The van der Waals surface area contributed by atoms with Crippen LogP contribution in [0.4, 0.5) is 5.69 Å². The largest absolute Gasteiger partial charge is 0.511 e. The summed E-state index contributed by atoms with van der Waals surface area (Å²) in [4.78, 5) is 33.3. The van der Waals surface area contributed by atoms with E-state index in [0.717, 1.165) is 0 Å². The molecule has 1 aliphatic carbocycles. The maximum atomic E-state index is 12.6. The molecular weight excluding hydrogens is 320 g/mol. The second kappa shape index (κ2) is 7.59. The summed E-state index contributed by atoms with van der Waals surface area (Å²) in [7, 11) is 1.28. The Hall–Kier alpha value is -2.50. The highest BCUT2D eigenvalue weighted by atomic mass is 16.5. The number of hydrogen-bond donors (Lipinski definition) is 1. The molecule has 0 fully saturated rings. The summed E-state index contributed by atoms with van der Waals surface area (Å²) in [5.41, 5.74) is 0.659. The third-order valence-corrected chi connectivity index (χ3v) is 4.34. The van der Waals surface area contributed by atoms with Gasteiger partial charge in [0.05, 0.1) is 24.1 Å². The minimum atomic E-state index is -0.885. The molecule has 0 amide bonds. The second-order valence-corrected chi connectivity index (χ2v) is 6.82. The van der Waals surface area contributed by atoms with Gasteiger partial charge < -0.3 is 9.84 Å². The van der Waals surface area contributed by atoms with Crippen LogP contribution >= 0.6 is 0 Å². The standard InChI is InChI=1S/C19H24N2O4/c1-5-6-14(22)15-13(21-12-7-9-20-10-8-12)11-19(2,3)16(17(15)23)18(24)25-4/h7-10,16,23H,5-6,11H2,1-4H3/t16-/m1/s1. The number of aliphatic hydroxyl groups is 1. The minimum absolute atomic E-state index is 0.147. The average molecular weight is 344 g/mol. The lowest BCUT2D eigenvalue weighted by molar-refractivity contribution is -0.149. The first kappa shape index (κ1) is 18.8. The molecule has 0 spiro atoms. The number of allylic oxidation sites excluding steroid dienone is 1. The van der Waals surface area contributed by atoms with E-state index in [4.69, 9.17) is 4.74 Å². The number of ether oxygens (including phenoxy) is 1. The highest BCUT2D eigenvalue weighted by Crippen LogP contribution is 2.43. The normalized spacial score (nSPS) is 21.3. The van der Waals surface area contributed by atoms with Crippen molar-refractivity contribution in [3.05, 3.63) is 35.9 Å². The molecule has 25 heavy (non-hydrogen) atoms. The Morgan fingerprint density at radius 1 is 1.36 bits per heavy atom. The molecule has 1 aliphatic rings. The van der Waals surface area contributed by atoms with Gasteiger partial charge >= 0.3 is 5.97 Å². The number of pyridine rings is 1. The smallest absolute Gasteiger partial charge is 0.316 e. The quantitative estimate of drug-likeness (QED) is 0.825.